The van der Waals surface area contributed by atoms with Crippen LogP contribution in [0.1, 0.15) is 25.7 Å². The van der Waals surface area contributed by atoms with Gasteiger partial charge in [-0.15, -0.1) is 11.6 Å². The van der Waals surface area contributed by atoms with E-state index >= 15 is 0 Å². The van der Waals surface area contributed by atoms with Crippen LogP contribution in [0.4, 0.5) is 0 Å². The van der Waals surface area contributed by atoms with Crippen LogP contribution < -0.4 is 5.32 Å². The molecule has 2 rings (SSSR count). The van der Waals surface area contributed by atoms with Gasteiger partial charge in [0.15, 0.2) is 0 Å². The molecule has 3 atom stereocenters. The molecule has 1 aliphatic heterocycles. The largest absolute Gasteiger partial charge is 0.380 e. The van der Waals surface area contributed by atoms with Gasteiger partial charge in [-0.25, -0.2) is 0 Å². The lowest BCUT2D eigenvalue weighted by molar-refractivity contribution is 0.188. The number of halogens is 1. The fourth-order valence-electron chi connectivity index (χ4n) is 2.60. The van der Waals surface area contributed by atoms with Crippen LogP contribution in [0.3, 0.4) is 0 Å². The van der Waals surface area contributed by atoms with Crippen LogP contribution in [0.2, 0.25) is 0 Å². The fraction of sp³-hybridized carbons (Fsp3) is 1.00. The monoisotopic (exact) mass is 217 g/mol. The molecule has 0 bridgehead atoms. The van der Waals surface area contributed by atoms with Gasteiger partial charge in [0.1, 0.15) is 0 Å². The van der Waals surface area contributed by atoms with Crippen molar-refractivity contribution in [2.75, 3.05) is 25.6 Å². The maximum atomic E-state index is 5.95. The summed E-state index contributed by atoms with van der Waals surface area (Å²) in [6.07, 6.45) is 5.23. The summed E-state index contributed by atoms with van der Waals surface area (Å²) in [6, 6.07) is 0.603. The summed E-state index contributed by atoms with van der Waals surface area (Å²) in [5, 5.41) is 3.60. The predicted octanol–water partition coefficient (Wildman–Crippen LogP) is 2.02. The molecule has 1 aliphatic carbocycles. The molecule has 0 amide bonds. The Kier molecular flexibility index (Phi) is 4.09. The molecule has 1 heterocycles. The zero-order valence-corrected chi connectivity index (χ0v) is 9.43. The molecule has 3 heteroatoms. The van der Waals surface area contributed by atoms with Crippen LogP contribution in [-0.2, 0) is 4.74 Å². The lowest BCUT2D eigenvalue weighted by Gasteiger charge is -2.19. The first-order chi connectivity index (χ1) is 6.90. The molecule has 2 aliphatic rings. The van der Waals surface area contributed by atoms with Gasteiger partial charge in [-0.3, -0.25) is 0 Å². The maximum Gasteiger partial charge on any atom is 0.0620 e. The smallest absolute Gasteiger partial charge is 0.0620 e. The van der Waals surface area contributed by atoms with E-state index in [1.807, 2.05) is 0 Å². The summed E-state index contributed by atoms with van der Waals surface area (Å²) in [5.74, 6) is 2.41. The molecule has 0 aromatic carbocycles. The molecule has 2 fully saturated rings. The van der Waals surface area contributed by atoms with Gasteiger partial charge in [-0.05, 0) is 37.6 Å². The van der Waals surface area contributed by atoms with Gasteiger partial charge in [-0.2, -0.15) is 0 Å². The third-order valence-electron chi connectivity index (χ3n) is 3.61. The molecule has 0 radical (unpaired) electrons. The molecule has 1 N–H and O–H groups in total. The van der Waals surface area contributed by atoms with Gasteiger partial charge in [0, 0.05) is 18.5 Å². The Balaban J connectivity index is 1.68. The lowest BCUT2D eigenvalue weighted by Crippen LogP contribution is -2.35. The highest BCUT2D eigenvalue weighted by Gasteiger charge is 2.27. The van der Waals surface area contributed by atoms with Gasteiger partial charge in [-0.1, -0.05) is 6.42 Å². The second kappa shape index (κ2) is 5.34. The van der Waals surface area contributed by atoms with E-state index in [0.29, 0.717) is 6.04 Å². The molecule has 1 saturated heterocycles. The Morgan fingerprint density at radius 1 is 1.21 bits per heavy atom. The van der Waals surface area contributed by atoms with Crippen molar-refractivity contribution in [2.24, 2.45) is 11.8 Å². The second-order valence-corrected chi connectivity index (χ2v) is 4.88. The molecule has 2 nitrogen and oxygen atoms in total. The molecular formula is C11H20ClNO. The summed E-state index contributed by atoms with van der Waals surface area (Å²) < 4.78 is 5.34. The van der Waals surface area contributed by atoms with Crippen LogP contribution >= 0.6 is 11.6 Å². The Hall–Kier alpha value is 0.210. The third kappa shape index (κ3) is 2.62. The van der Waals surface area contributed by atoms with Gasteiger partial charge in [0.2, 0.25) is 0 Å². The molecule has 82 valence electrons. The molecule has 0 spiro atoms. The minimum absolute atomic E-state index is 0.603. The van der Waals surface area contributed by atoms with Crippen molar-refractivity contribution in [3.8, 4) is 0 Å². The average molecular weight is 218 g/mol. The minimum atomic E-state index is 0.603. The first-order valence-corrected chi connectivity index (χ1v) is 6.30. The molecule has 3 unspecified atom stereocenters. The standard InChI is InChI=1S/C11H20ClNO/c12-6-9-2-1-3-10(9)7-13-11-4-5-14-8-11/h9-11,13H,1-8H2. The van der Waals surface area contributed by atoms with E-state index in [4.69, 9.17) is 16.3 Å². The number of hydrogen-bond acceptors (Lipinski definition) is 2. The van der Waals surface area contributed by atoms with Crippen LogP contribution in [0.5, 0.6) is 0 Å². The van der Waals surface area contributed by atoms with Crippen LogP contribution in [-0.4, -0.2) is 31.7 Å². The summed E-state index contributed by atoms with van der Waals surface area (Å²) >= 11 is 5.95. The molecule has 0 aromatic heterocycles. The van der Waals surface area contributed by atoms with Gasteiger partial charge in [0.25, 0.3) is 0 Å². The van der Waals surface area contributed by atoms with Crippen LogP contribution in [0.15, 0.2) is 0 Å². The van der Waals surface area contributed by atoms with E-state index < -0.39 is 0 Å². The SMILES string of the molecule is ClCC1CCCC1CNC1CCOC1. The Bertz CT molecular complexity index is 171. The quantitative estimate of drug-likeness (QED) is 0.728. The van der Waals surface area contributed by atoms with E-state index in [0.717, 1.165) is 37.5 Å². The highest BCUT2D eigenvalue weighted by Crippen LogP contribution is 2.32. The summed E-state index contributed by atoms with van der Waals surface area (Å²) in [4.78, 5) is 0. The second-order valence-electron chi connectivity index (χ2n) is 4.57. The highest BCUT2D eigenvalue weighted by molar-refractivity contribution is 6.18. The van der Waals surface area contributed by atoms with Gasteiger partial charge < -0.3 is 10.1 Å². The summed E-state index contributed by atoms with van der Waals surface area (Å²) in [6.45, 7) is 2.98. The zero-order chi connectivity index (χ0) is 9.80. The first kappa shape index (κ1) is 10.7. The first-order valence-electron chi connectivity index (χ1n) is 5.77. The fourth-order valence-corrected chi connectivity index (χ4v) is 3.01. The summed E-state index contributed by atoms with van der Waals surface area (Å²) in [5.41, 5.74) is 0. The van der Waals surface area contributed by atoms with E-state index in [2.05, 4.69) is 5.32 Å². The van der Waals surface area contributed by atoms with E-state index in [9.17, 15) is 0 Å². The Morgan fingerprint density at radius 2 is 2.07 bits per heavy atom. The normalized spacial score (nSPS) is 37.9. The van der Waals surface area contributed by atoms with E-state index in [1.165, 1.54) is 25.7 Å². The van der Waals surface area contributed by atoms with Gasteiger partial charge >= 0.3 is 0 Å². The highest BCUT2D eigenvalue weighted by atomic mass is 35.5. The van der Waals surface area contributed by atoms with Crippen molar-refractivity contribution in [3.63, 3.8) is 0 Å². The van der Waals surface area contributed by atoms with Crippen LogP contribution in [0.25, 0.3) is 0 Å². The third-order valence-corrected chi connectivity index (χ3v) is 4.01. The Labute approximate surface area is 91.3 Å². The van der Waals surface area contributed by atoms with Crippen molar-refractivity contribution in [1.29, 1.82) is 0 Å². The van der Waals surface area contributed by atoms with E-state index in [1.54, 1.807) is 0 Å². The topological polar surface area (TPSA) is 21.3 Å². The molecule has 14 heavy (non-hydrogen) atoms. The van der Waals surface area contributed by atoms with Crippen molar-refractivity contribution >= 4 is 11.6 Å². The number of hydrogen-bond donors (Lipinski definition) is 1. The Morgan fingerprint density at radius 3 is 2.79 bits per heavy atom. The number of rotatable bonds is 4. The molecule has 1 saturated carbocycles. The van der Waals surface area contributed by atoms with Gasteiger partial charge in [0.05, 0.1) is 6.61 Å². The summed E-state index contributed by atoms with van der Waals surface area (Å²) in [7, 11) is 0. The van der Waals surface area contributed by atoms with Crippen molar-refractivity contribution in [1.82, 2.24) is 5.32 Å². The molecular weight excluding hydrogens is 198 g/mol. The predicted molar refractivity (Wildman–Crippen MR) is 58.8 cm³/mol. The minimum Gasteiger partial charge on any atom is -0.380 e. The van der Waals surface area contributed by atoms with Crippen molar-refractivity contribution in [2.45, 2.75) is 31.7 Å². The maximum absolute atomic E-state index is 5.95. The average Bonchev–Trinajstić information content (AvgIpc) is 2.85. The number of ether oxygens (including phenoxy) is 1. The zero-order valence-electron chi connectivity index (χ0n) is 8.68. The van der Waals surface area contributed by atoms with Crippen molar-refractivity contribution < 1.29 is 4.74 Å². The lowest BCUT2D eigenvalue weighted by atomic mass is 9.97. The van der Waals surface area contributed by atoms with E-state index in [-0.39, 0.29) is 0 Å². The number of alkyl halides is 1. The van der Waals surface area contributed by atoms with Crippen molar-refractivity contribution in [3.05, 3.63) is 0 Å². The number of nitrogens with one attached hydrogen (secondary N) is 1. The molecule has 0 aromatic rings. The van der Waals surface area contributed by atoms with Crippen LogP contribution in [0, 0.1) is 11.8 Å².